The smallest absolute Gasteiger partial charge is 0.242 e. The fraction of sp³-hybridized carbons (Fsp3) is 0.538. The Balaban J connectivity index is 2.11. The SMILES string of the molecule is CCN1CCCC(NS(=O)(=O)c2ccccc2N)C1. The van der Waals surface area contributed by atoms with E-state index in [0.29, 0.717) is 0 Å². The molecule has 1 aliphatic heterocycles. The summed E-state index contributed by atoms with van der Waals surface area (Å²) in [5, 5.41) is 0. The first-order valence-corrected chi connectivity index (χ1v) is 8.10. The minimum Gasteiger partial charge on any atom is -0.398 e. The highest BCUT2D eigenvalue weighted by molar-refractivity contribution is 7.89. The second-order valence-electron chi connectivity index (χ2n) is 4.89. The van der Waals surface area contributed by atoms with Gasteiger partial charge < -0.3 is 10.6 Å². The molecule has 2 rings (SSSR count). The predicted octanol–water partition coefficient (Wildman–Crippen LogP) is 1.03. The second-order valence-corrected chi connectivity index (χ2v) is 6.57. The Morgan fingerprint density at radius 1 is 1.42 bits per heavy atom. The third-order valence-corrected chi connectivity index (χ3v) is 5.08. The van der Waals surface area contributed by atoms with Crippen LogP contribution >= 0.6 is 0 Å². The van der Waals surface area contributed by atoms with Crippen molar-refractivity contribution in [3.8, 4) is 0 Å². The molecule has 6 heteroatoms. The highest BCUT2D eigenvalue weighted by Crippen LogP contribution is 2.19. The molecule has 1 atom stereocenters. The van der Waals surface area contributed by atoms with Gasteiger partial charge in [-0.05, 0) is 38.1 Å². The molecule has 1 unspecified atom stereocenters. The van der Waals surface area contributed by atoms with E-state index in [4.69, 9.17) is 5.73 Å². The maximum absolute atomic E-state index is 12.3. The fourth-order valence-electron chi connectivity index (χ4n) is 2.45. The van der Waals surface area contributed by atoms with Crippen LogP contribution in [0.3, 0.4) is 0 Å². The molecule has 3 N–H and O–H groups in total. The highest BCUT2D eigenvalue weighted by atomic mass is 32.2. The number of likely N-dealkylation sites (tertiary alicyclic amines) is 1. The summed E-state index contributed by atoms with van der Waals surface area (Å²) in [4.78, 5) is 2.43. The topological polar surface area (TPSA) is 75.4 Å². The molecule has 1 aromatic rings. The summed E-state index contributed by atoms with van der Waals surface area (Å²) in [7, 11) is -3.52. The molecule has 0 spiro atoms. The standard InChI is InChI=1S/C13H21N3O2S/c1-2-16-9-5-6-11(10-16)15-19(17,18)13-8-4-3-7-12(13)14/h3-4,7-8,11,15H,2,5-6,9-10,14H2,1H3. The van der Waals surface area contributed by atoms with E-state index in [9.17, 15) is 8.42 Å². The molecule has 1 saturated heterocycles. The molecule has 0 saturated carbocycles. The molecule has 0 amide bonds. The largest absolute Gasteiger partial charge is 0.398 e. The van der Waals surface area contributed by atoms with Gasteiger partial charge in [0.1, 0.15) is 4.90 Å². The molecule has 1 aromatic carbocycles. The number of hydrogen-bond donors (Lipinski definition) is 2. The van der Waals surface area contributed by atoms with Crippen LogP contribution in [-0.4, -0.2) is 39.0 Å². The number of sulfonamides is 1. The van der Waals surface area contributed by atoms with Crippen LogP contribution in [0.1, 0.15) is 19.8 Å². The normalized spacial score (nSPS) is 21.4. The summed E-state index contributed by atoms with van der Waals surface area (Å²) < 4.78 is 27.4. The van der Waals surface area contributed by atoms with Crippen LogP contribution in [0.15, 0.2) is 29.2 Å². The summed E-state index contributed by atoms with van der Waals surface area (Å²) >= 11 is 0. The number of nitrogens with zero attached hydrogens (tertiary/aromatic N) is 1. The van der Waals surface area contributed by atoms with Gasteiger partial charge in [-0.3, -0.25) is 0 Å². The highest BCUT2D eigenvalue weighted by Gasteiger charge is 2.25. The molecule has 0 aliphatic carbocycles. The molecular formula is C13H21N3O2S. The van der Waals surface area contributed by atoms with Crippen molar-refractivity contribution in [2.45, 2.75) is 30.7 Å². The van der Waals surface area contributed by atoms with Crippen LogP contribution in [0.4, 0.5) is 5.69 Å². The number of nitrogens with two attached hydrogens (primary N) is 1. The van der Waals surface area contributed by atoms with Crippen molar-refractivity contribution in [1.29, 1.82) is 0 Å². The van der Waals surface area contributed by atoms with Gasteiger partial charge in [0.25, 0.3) is 0 Å². The fourth-order valence-corrected chi connectivity index (χ4v) is 3.84. The number of likely N-dealkylation sites (N-methyl/N-ethyl adjacent to an activating group) is 1. The summed E-state index contributed by atoms with van der Waals surface area (Å²) in [5.41, 5.74) is 6.03. The second kappa shape index (κ2) is 5.90. The van der Waals surface area contributed by atoms with Gasteiger partial charge >= 0.3 is 0 Å². The number of nitrogen functional groups attached to an aromatic ring is 1. The lowest BCUT2D eigenvalue weighted by Gasteiger charge is -2.32. The Hall–Kier alpha value is -1.11. The lowest BCUT2D eigenvalue weighted by molar-refractivity contribution is 0.211. The van der Waals surface area contributed by atoms with Crippen molar-refractivity contribution in [2.24, 2.45) is 0 Å². The molecule has 1 aliphatic rings. The van der Waals surface area contributed by atoms with Gasteiger partial charge in [0.15, 0.2) is 0 Å². The summed E-state index contributed by atoms with van der Waals surface area (Å²) in [6.45, 7) is 4.85. The average molecular weight is 283 g/mol. The lowest BCUT2D eigenvalue weighted by Crippen LogP contribution is -2.47. The molecular weight excluding hydrogens is 262 g/mol. The van der Waals surface area contributed by atoms with Crippen molar-refractivity contribution in [1.82, 2.24) is 9.62 Å². The molecule has 1 heterocycles. The zero-order valence-electron chi connectivity index (χ0n) is 11.2. The monoisotopic (exact) mass is 283 g/mol. The number of para-hydroxylation sites is 1. The molecule has 0 radical (unpaired) electrons. The van der Waals surface area contributed by atoms with Crippen molar-refractivity contribution in [3.05, 3.63) is 24.3 Å². The van der Waals surface area contributed by atoms with Crippen molar-refractivity contribution < 1.29 is 8.42 Å². The van der Waals surface area contributed by atoms with E-state index < -0.39 is 10.0 Å². The van der Waals surface area contributed by atoms with Gasteiger partial charge in [0, 0.05) is 12.6 Å². The van der Waals surface area contributed by atoms with Crippen LogP contribution in [0.5, 0.6) is 0 Å². The Bertz CT molecular complexity index is 530. The van der Waals surface area contributed by atoms with Gasteiger partial charge in [0.2, 0.25) is 10.0 Å². The molecule has 0 bridgehead atoms. The third-order valence-electron chi connectivity index (χ3n) is 3.48. The van der Waals surface area contributed by atoms with Crippen LogP contribution in [0, 0.1) is 0 Å². The Morgan fingerprint density at radius 3 is 2.84 bits per heavy atom. The maximum Gasteiger partial charge on any atom is 0.242 e. The minimum atomic E-state index is -3.52. The lowest BCUT2D eigenvalue weighted by atomic mass is 10.1. The molecule has 106 valence electrons. The van der Waals surface area contributed by atoms with Crippen LogP contribution < -0.4 is 10.5 Å². The quantitative estimate of drug-likeness (QED) is 0.809. The summed E-state index contributed by atoms with van der Waals surface area (Å²) in [5.74, 6) is 0. The first-order chi connectivity index (χ1) is 9.03. The van der Waals surface area contributed by atoms with E-state index in [1.807, 2.05) is 0 Å². The zero-order valence-corrected chi connectivity index (χ0v) is 12.0. The van der Waals surface area contributed by atoms with E-state index in [-0.39, 0.29) is 16.6 Å². The van der Waals surface area contributed by atoms with Gasteiger partial charge in [-0.25, -0.2) is 13.1 Å². The molecule has 19 heavy (non-hydrogen) atoms. The van der Waals surface area contributed by atoms with E-state index >= 15 is 0 Å². The number of hydrogen-bond acceptors (Lipinski definition) is 4. The van der Waals surface area contributed by atoms with Gasteiger partial charge in [-0.1, -0.05) is 19.1 Å². The van der Waals surface area contributed by atoms with Gasteiger partial charge in [-0.2, -0.15) is 0 Å². The maximum atomic E-state index is 12.3. The molecule has 5 nitrogen and oxygen atoms in total. The zero-order chi connectivity index (χ0) is 13.9. The van der Waals surface area contributed by atoms with Gasteiger partial charge in [0.05, 0.1) is 5.69 Å². The number of piperidine rings is 1. The van der Waals surface area contributed by atoms with Gasteiger partial charge in [-0.15, -0.1) is 0 Å². The Labute approximate surface area is 114 Å². The van der Waals surface area contributed by atoms with E-state index in [1.165, 1.54) is 6.07 Å². The predicted molar refractivity (Wildman–Crippen MR) is 76.3 cm³/mol. The van der Waals surface area contributed by atoms with Crippen LogP contribution in [0.25, 0.3) is 0 Å². The summed E-state index contributed by atoms with van der Waals surface area (Å²) in [6, 6.07) is 6.53. The molecule has 1 fully saturated rings. The number of anilines is 1. The van der Waals surface area contributed by atoms with Crippen LogP contribution in [0.2, 0.25) is 0 Å². The van der Waals surface area contributed by atoms with E-state index in [0.717, 1.165) is 32.5 Å². The van der Waals surface area contributed by atoms with Crippen molar-refractivity contribution >= 4 is 15.7 Å². The summed E-state index contributed by atoms with van der Waals surface area (Å²) in [6.07, 6.45) is 1.90. The van der Waals surface area contributed by atoms with Crippen LogP contribution in [-0.2, 0) is 10.0 Å². The average Bonchev–Trinajstić information content (AvgIpc) is 2.38. The molecule has 0 aromatic heterocycles. The minimum absolute atomic E-state index is 0.0293. The van der Waals surface area contributed by atoms with Crippen molar-refractivity contribution in [2.75, 3.05) is 25.4 Å². The first-order valence-electron chi connectivity index (χ1n) is 6.62. The van der Waals surface area contributed by atoms with E-state index in [2.05, 4.69) is 16.5 Å². The first kappa shape index (κ1) is 14.3. The van der Waals surface area contributed by atoms with Crippen molar-refractivity contribution in [3.63, 3.8) is 0 Å². The Kier molecular flexibility index (Phi) is 4.44. The number of nitrogens with one attached hydrogen (secondary N) is 1. The third kappa shape index (κ3) is 3.46. The van der Waals surface area contributed by atoms with E-state index in [1.54, 1.807) is 18.2 Å². The Morgan fingerprint density at radius 2 is 2.16 bits per heavy atom. The number of rotatable bonds is 4. The number of benzene rings is 1.